The van der Waals surface area contributed by atoms with Crippen LogP contribution in [-0.2, 0) is 5.41 Å². The summed E-state index contributed by atoms with van der Waals surface area (Å²) in [5.74, 6) is 0.245. The Morgan fingerprint density at radius 2 is 1.05 bits per heavy atom. The van der Waals surface area contributed by atoms with E-state index in [0.717, 1.165) is 22.7 Å². The van der Waals surface area contributed by atoms with Crippen LogP contribution in [0.2, 0.25) is 0 Å². The van der Waals surface area contributed by atoms with Gasteiger partial charge in [0.2, 0.25) is 0 Å². The average Bonchev–Trinajstić information content (AvgIpc) is 3.46. The quantitative estimate of drug-likeness (QED) is 0.169. The first-order chi connectivity index (χ1) is 26.8. The smallest absolute Gasteiger partial charge is 0.0551 e. The SMILES string of the molecule is CC1=CC(c2ccc(-c3ccc(N(c4ccc(-c5ccccc5)cc4)c4ccc5c(c4)-c4ccccc4C5(C)C)cc3)cc2)C(Nc2ccc(C)cc2)C=C1. The van der Waals surface area contributed by atoms with E-state index in [4.69, 9.17) is 0 Å². The highest BCUT2D eigenvalue weighted by Gasteiger charge is 2.35. The number of aryl methyl sites for hydroxylation is 1. The molecule has 2 nitrogen and oxygen atoms in total. The number of fused-ring (bicyclic) bond motifs is 3. The lowest BCUT2D eigenvalue weighted by atomic mass is 9.82. The van der Waals surface area contributed by atoms with Gasteiger partial charge >= 0.3 is 0 Å². The minimum atomic E-state index is -0.0366. The lowest BCUT2D eigenvalue weighted by Crippen LogP contribution is -2.26. The molecule has 0 saturated heterocycles. The van der Waals surface area contributed by atoms with Crippen molar-refractivity contribution < 1.29 is 0 Å². The van der Waals surface area contributed by atoms with Gasteiger partial charge in [0.1, 0.15) is 0 Å². The lowest BCUT2D eigenvalue weighted by Gasteiger charge is -2.28. The number of benzene rings is 7. The fourth-order valence-corrected chi connectivity index (χ4v) is 8.53. The van der Waals surface area contributed by atoms with Crippen LogP contribution in [-0.4, -0.2) is 6.04 Å². The molecule has 0 fully saturated rings. The standard InChI is InChI=1S/C53H46N2/c1-36-14-25-43(26-15-36)54-52-33-16-37(2)34-48(52)42-19-17-39(18-20-42)41-23-29-45(30-24-41)55(44-27-21-40(22-28-44)38-10-6-5-7-11-38)46-31-32-51-49(35-46)47-12-8-9-13-50(47)53(51,3)4/h5-35,48,52,54H,1-4H3. The molecule has 2 aliphatic carbocycles. The Hall–Kier alpha value is -6.38. The molecule has 0 aromatic heterocycles. The summed E-state index contributed by atoms with van der Waals surface area (Å²) in [5, 5.41) is 3.77. The molecular formula is C53H46N2. The van der Waals surface area contributed by atoms with E-state index in [2.05, 4.69) is 226 Å². The third-order valence-corrected chi connectivity index (χ3v) is 11.6. The summed E-state index contributed by atoms with van der Waals surface area (Å²) in [4.78, 5) is 2.39. The second-order valence-corrected chi connectivity index (χ2v) is 15.6. The molecular weight excluding hydrogens is 665 g/mol. The van der Waals surface area contributed by atoms with E-state index in [-0.39, 0.29) is 17.4 Å². The fourth-order valence-electron chi connectivity index (χ4n) is 8.53. The van der Waals surface area contributed by atoms with Crippen LogP contribution in [0.3, 0.4) is 0 Å². The Balaban J connectivity index is 1.03. The topological polar surface area (TPSA) is 15.3 Å². The van der Waals surface area contributed by atoms with Crippen molar-refractivity contribution in [2.45, 2.75) is 45.1 Å². The number of allylic oxidation sites excluding steroid dienone is 2. The third-order valence-electron chi connectivity index (χ3n) is 11.6. The van der Waals surface area contributed by atoms with Crippen molar-refractivity contribution in [3.63, 3.8) is 0 Å². The molecule has 2 unspecified atom stereocenters. The number of hydrogen-bond acceptors (Lipinski definition) is 2. The van der Waals surface area contributed by atoms with Gasteiger partial charge in [0, 0.05) is 34.1 Å². The molecule has 268 valence electrons. The molecule has 2 heteroatoms. The monoisotopic (exact) mass is 710 g/mol. The molecule has 2 aliphatic rings. The molecule has 0 spiro atoms. The highest BCUT2D eigenvalue weighted by atomic mass is 15.1. The summed E-state index contributed by atoms with van der Waals surface area (Å²) in [6, 6.07) is 62.5. The fraction of sp³-hybridized carbons (Fsp3) is 0.132. The first-order valence-corrected chi connectivity index (χ1v) is 19.4. The summed E-state index contributed by atoms with van der Waals surface area (Å²) < 4.78 is 0. The van der Waals surface area contributed by atoms with Gasteiger partial charge in [-0.2, -0.15) is 0 Å². The predicted octanol–water partition coefficient (Wildman–Crippen LogP) is 14.2. The number of anilines is 4. The number of nitrogens with zero attached hydrogens (tertiary/aromatic N) is 1. The maximum Gasteiger partial charge on any atom is 0.0551 e. The molecule has 9 rings (SSSR count). The molecule has 0 saturated carbocycles. The summed E-state index contributed by atoms with van der Waals surface area (Å²) in [5.41, 5.74) is 18.6. The van der Waals surface area contributed by atoms with Crippen molar-refractivity contribution in [1.82, 2.24) is 0 Å². The van der Waals surface area contributed by atoms with Gasteiger partial charge in [-0.1, -0.05) is 165 Å². The summed E-state index contributed by atoms with van der Waals surface area (Å²) in [7, 11) is 0. The van der Waals surface area contributed by atoms with E-state index in [1.807, 2.05) is 0 Å². The summed E-state index contributed by atoms with van der Waals surface area (Å²) in [6.45, 7) is 8.99. The van der Waals surface area contributed by atoms with Crippen LogP contribution in [0.25, 0.3) is 33.4 Å². The van der Waals surface area contributed by atoms with Crippen molar-refractivity contribution in [3.05, 3.63) is 216 Å². The Kier molecular flexibility index (Phi) is 8.83. The van der Waals surface area contributed by atoms with Gasteiger partial charge in [-0.15, -0.1) is 0 Å². The van der Waals surface area contributed by atoms with Gasteiger partial charge in [-0.05, 0) is 112 Å². The second-order valence-electron chi connectivity index (χ2n) is 15.6. The first kappa shape index (κ1) is 34.4. The summed E-state index contributed by atoms with van der Waals surface area (Å²) in [6.07, 6.45) is 6.91. The highest BCUT2D eigenvalue weighted by Crippen LogP contribution is 2.50. The zero-order valence-electron chi connectivity index (χ0n) is 32.0. The van der Waals surface area contributed by atoms with E-state index >= 15 is 0 Å². The van der Waals surface area contributed by atoms with E-state index in [9.17, 15) is 0 Å². The molecule has 0 aliphatic heterocycles. The minimum absolute atomic E-state index is 0.0366. The molecule has 1 N–H and O–H groups in total. The Morgan fingerprint density at radius 1 is 0.509 bits per heavy atom. The number of nitrogens with one attached hydrogen (secondary N) is 1. The van der Waals surface area contributed by atoms with Crippen LogP contribution in [0, 0.1) is 6.92 Å². The van der Waals surface area contributed by atoms with Crippen molar-refractivity contribution in [3.8, 4) is 33.4 Å². The minimum Gasteiger partial charge on any atom is -0.378 e. The van der Waals surface area contributed by atoms with Crippen molar-refractivity contribution in [2.24, 2.45) is 0 Å². The molecule has 55 heavy (non-hydrogen) atoms. The molecule has 0 amide bonds. The van der Waals surface area contributed by atoms with Gasteiger partial charge < -0.3 is 10.2 Å². The van der Waals surface area contributed by atoms with Gasteiger partial charge in [-0.3, -0.25) is 0 Å². The van der Waals surface area contributed by atoms with E-state index < -0.39 is 0 Å². The molecule has 0 bridgehead atoms. The molecule has 2 atom stereocenters. The van der Waals surface area contributed by atoms with Crippen LogP contribution >= 0.6 is 0 Å². The van der Waals surface area contributed by atoms with E-state index in [1.54, 1.807) is 0 Å². The van der Waals surface area contributed by atoms with Gasteiger partial charge in [0.05, 0.1) is 6.04 Å². The van der Waals surface area contributed by atoms with Crippen LogP contribution in [0.4, 0.5) is 22.7 Å². The zero-order chi connectivity index (χ0) is 37.5. The Labute approximate surface area is 326 Å². The van der Waals surface area contributed by atoms with Gasteiger partial charge in [0.25, 0.3) is 0 Å². The number of rotatable bonds is 8. The Bertz CT molecular complexity index is 2520. The maximum atomic E-state index is 3.77. The van der Waals surface area contributed by atoms with Crippen molar-refractivity contribution in [2.75, 3.05) is 10.2 Å². The van der Waals surface area contributed by atoms with E-state index in [0.29, 0.717) is 0 Å². The van der Waals surface area contributed by atoms with Crippen molar-refractivity contribution in [1.29, 1.82) is 0 Å². The third kappa shape index (κ3) is 6.59. The van der Waals surface area contributed by atoms with Crippen LogP contribution in [0.15, 0.2) is 194 Å². The molecule has 0 radical (unpaired) electrons. The zero-order valence-corrected chi connectivity index (χ0v) is 32.0. The van der Waals surface area contributed by atoms with Gasteiger partial charge in [-0.25, -0.2) is 0 Å². The van der Waals surface area contributed by atoms with Crippen LogP contribution < -0.4 is 10.2 Å². The number of hydrogen-bond donors (Lipinski definition) is 1. The largest absolute Gasteiger partial charge is 0.378 e. The summed E-state index contributed by atoms with van der Waals surface area (Å²) >= 11 is 0. The lowest BCUT2D eigenvalue weighted by molar-refractivity contribution is 0.660. The van der Waals surface area contributed by atoms with E-state index in [1.165, 1.54) is 61.2 Å². The highest BCUT2D eigenvalue weighted by molar-refractivity contribution is 5.87. The molecule has 7 aromatic carbocycles. The average molecular weight is 711 g/mol. The Morgan fingerprint density at radius 3 is 1.71 bits per heavy atom. The maximum absolute atomic E-state index is 3.77. The first-order valence-electron chi connectivity index (χ1n) is 19.4. The van der Waals surface area contributed by atoms with Gasteiger partial charge in [0.15, 0.2) is 0 Å². The predicted molar refractivity (Wildman–Crippen MR) is 234 cm³/mol. The van der Waals surface area contributed by atoms with Crippen molar-refractivity contribution >= 4 is 22.7 Å². The van der Waals surface area contributed by atoms with Crippen LogP contribution in [0.1, 0.15) is 48.9 Å². The second kappa shape index (κ2) is 14.1. The normalized spacial score (nSPS) is 16.5. The van der Waals surface area contributed by atoms with Crippen LogP contribution in [0.5, 0.6) is 0 Å². The molecule has 0 heterocycles. The molecule has 7 aromatic rings.